The van der Waals surface area contributed by atoms with Crippen LogP contribution >= 0.6 is 0 Å². The average molecular weight is 358 g/mol. The first kappa shape index (κ1) is 19.7. The summed E-state index contributed by atoms with van der Waals surface area (Å²) >= 11 is 0. The van der Waals surface area contributed by atoms with Crippen LogP contribution in [0.2, 0.25) is 0 Å². The molecule has 6 nitrogen and oxygen atoms in total. The van der Waals surface area contributed by atoms with Gasteiger partial charge in [0.25, 0.3) is 5.91 Å². The summed E-state index contributed by atoms with van der Waals surface area (Å²) in [6.07, 6.45) is 0.234. The molecule has 1 aromatic heterocycles. The first-order chi connectivity index (χ1) is 12.5. The minimum Gasteiger partial charge on any atom is -0.466 e. The molecule has 1 aromatic carbocycles. The summed E-state index contributed by atoms with van der Waals surface area (Å²) in [5.74, 6) is 1.05. The van der Waals surface area contributed by atoms with E-state index < -0.39 is 0 Å². The van der Waals surface area contributed by atoms with Gasteiger partial charge in [0, 0.05) is 33.2 Å². The number of carbonyl (C=O) groups excluding carboxylic acids is 2. The number of carbonyl (C=O) groups is 2. The summed E-state index contributed by atoms with van der Waals surface area (Å²) in [6.45, 7) is 5.28. The molecular weight excluding hydrogens is 332 g/mol. The Labute approximate surface area is 154 Å². The molecule has 0 atom stereocenters. The van der Waals surface area contributed by atoms with Crippen molar-refractivity contribution >= 4 is 11.8 Å². The molecular formula is C20H26N2O4. The van der Waals surface area contributed by atoms with Crippen molar-refractivity contribution < 1.29 is 18.7 Å². The summed E-state index contributed by atoms with van der Waals surface area (Å²) in [5, 5.41) is 2.78. The van der Waals surface area contributed by atoms with Gasteiger partial charge < -0.3 is 19.4 Å². The predicted molar refractivity (Wildman–Crippen MR) is 98.9 cm³/mol. The minimum absolute atomic E-state index is 0.104. The molecule has 0 radical (unpaired) electrons. The van der Waals surface area contributed by atoms with Gasteiger partial charge in [-0.05, 0) is 25.5 Å². The van der Waals surface area contributed by atoms with Crippen molar-refractivity contribution in [1.82, 2.24) is 10.2 Å². The molecule has 26 heavy (non-hydrogen) atoms. The van der Waals surface area contributed by atoms with Gasteiger partial charge in [0.05, 0.1) is 12.2 Å². The quantitative estimate of drug-likeness (QED) is 0.700. The fraction of sp³-hybridized carbons (Fsp3) is 0.400. The van der Waals surface area contributed by atoms with E-state index in [1.807, 2.05) is 37.3 Å². The summed E-state index contributed by atoms with van der Waals surface area (Å²) in [4.78, 5) is 26.6. The van der Waals surface area contributed by atoms with Gasteiger partial charge in [-0.2, -0.15) is 0 Å². The highest BCUT2D eigenvalue weighted by molar-refractivity contribution is 5.95. The van der Waals surface area contributed by atoms with Crippen LogP contribution in [0.4, 0.5) is 0 Å². The lowest BCUT2D eigenvalue weighted by Crippen LogP contribution is -2.35. The largest absolute Gasteiger partial charge is 0.466 e. The van der Waals surface area contributed by atoms with Crippen LogP contribution in [0.1, 0.15) is 33.9 Å². The van der Waals surface area contributed by atoms with Gasteiger partial charge in [0.15, 0.2) is 0 Å². The second-order valence-electron chi connectivity index (χ2n) is 6.13. The summed E-state index contributed by atoms with van der Waals surface area (Å²) < 4.78 is 10.4. The number of methoxy groups -OCH3 is 1. The molecule has 0 unspecified atom stereocenters. The number of nitrogens with one attached hydrogen (secondary N) is 1. The van der Waals surface area contributed by atoms with E-state index in [9.17, 15) is 9.59 Å². The van der Waals surface area contributed by atoms with Crippen molar-refractivity contribution in [3.8, 4) is 0 Å². The number of aryl methyl sites for hydroxylation is 2. The van der Waals surface area contributed by atoms with E-state index in [-0.39, 0.29) is 18.2 Å². The fourth-order valence-electron chi connectivity index (χ4n) is 2.69. The number of hydrogen-bond donors (Lipinski definition) is 1. The maximum Gasteiger partial charge on any atom is 0.257 e. The third-order valence-corrected chi connectivity index (χ3v) is 4.01. The number of benzene rings is 1. The second-order valence-corrected chi connectivity index (χ2v) is 6.13. The minimum atomic E-state index is -0.132. The van der Waals surface area contributed by atoms with Crippen molar-refractivity contribution in [3.05, 3.63) is 59.0 Å². The van der Waals surface area contributed by atoms with E-state index in [0.29, 0.717) is 43.3 Å². The van der Waals surface area contributed by atoms with Gasteiger partial charge in [-0.3, -0.25) is 9.59 Å². The summed E-state index contributed by atoms with van der Waals surface area (Å²) in [7, 11) is 1.58. The molecule has 0 saturated carbocycles. The summed E-state index contributed by atoms with van der Waals surface area (Å²) in [5.41, 5.74) is 1.55. The van der Waals surface area contributed by atoms with E-state index in [0.717, 1.165) is 5.56 Å². The molecule has 1 N–H and O–H groups in total. The van der Waals surface area contributed by atoms with E-state index in [2.05, 4.69) is 5.32 Å². The molecule has 0 spiro atoms. The zero-order chi connectivity index (χ0) is 18.9. The number of hydrogen-bond acceptors (Lipinski definition) is 4. The van der Waals surface area contributed by atoms with Gasteiger partial charge in [-0.15, -0.1) is 0 Å². The first-order valence-electron chi connectivity index (χ1n) is 8.67. The Hall–Kier alpha value is -2.60. The van der Waals surface area contributed by atoms with Crippen LogP contribution in [0.25, 0.3) is 0 Å². The Balaban J connectivity index is 2.07. The van der Waals surface area contributed by atoms with Crippen LogP contribution in [0.5, 0.6) is 0 Å². The molecule has 0 saturated heterocycles. The standard InChI is InChI=1S/C20H26N2O4/c1-15-13-18(16(2)26-15)20(24)22(14-17-7-5-4-6-8-17)11-9-19(23)21-10-12-25-3/h4-8,13H,9-12,14H2,1-3H3,(H,21,23). The molecule has 1 heterocycles. The smallest absolute Gasteiger partial charge is 0.257 e. The van der Waals surface area contributed by atoms with Crippen LogP contribution in [0.15, 0.2) is 40.8 Å². The van der Waals surface area contributed by atoms with Crippen LogP contribution < -0.4 is 5.32 Å². The Morgan fingerprint density at radius 1 is 1.19 bits per heavy atom. The average Bonchev–Trinajstić information content (AvgIpc) is 2.97. The predicted octanol–water partition coefficient (Wildman–Crippen LogP) is 2.69. The van der Waals surface area contributed by atoms with Gasteiger partial charge in [-0.1, -0.05) is 30.3 Å². The van der Waals surface area contributed by atoms with Crippen LogP contribution in [-0.4, -0.2) is 43.5 Å². The van der Waals surface area contributed by atoms with Crippen LogP contribution in [-0.2, 0) is 16.1 Å². The maximum atomic E-state index is 13.0. The molecule has 0 fully saturated rings. The number of ether oxygens (including phenoxy) is 1. The van der Waals surface area contributed by atoms with E-state index in [4.69, 9.17) is 9.15 Å². The molecule has 0 bridgehead atoms. The molecule has 140 valence electrons. The number of nitrogens with zero attached hydrogens (tertiary/aromatic N) is 1. The molecule has 0 aliphatic heterocycles. The Kier molecular flexibility index (Phi) is 7.41. The fourth-order valence-corrected chi connectivity index (χ4v) is 2.69. The van der Waals surface area contributed by atoms with Crippen LogP contribution in [0.3, 0.4) is 0 Å². The van der Waals surface area contributed by atoms with Crippen molar-refractivity contribution in [1.29, 1.82) is 0 Å². The van der Waals surface area contributed by atoms with Gasteiger partial charge in [-0.25, -0.2) is 0 Å². The van der Waals surface area contributed by atoms with Crippen molar-refractivity contribution in [2.24, 2.45) is 0 Å². The van der Waals surface area contributed by atoms with E-state index in [1.54, 1.807) is 25.0 Å². The molecule has 2 aromatic rings. The topological polar surface area (TPSA) is 71.8 Å². The lowest BCUT2D eigenvalue weighted by atomic mass is 10.1. The van der Waals surface area contributed by atoms with Crippen molar-refractivity contribution in [2.45, 2.75) is 26.8 Å². The third-order valence-electron chi connectivity index (χ3n) is 4.01. The second kappa shape index (κ2) is 9.77. The molecule has 2 rings (SSSR count). The van der Waals surface area contributed by atoms with E-state index in [1.165, 1.54) is 0 Å². The first-order valence-corrected chi connectivity index (χ1v) is 8.67. The number of furan rings is 1. The molecule has 2 amide bonds. The maximum absolute atomic E-state index is 13.0. The molecule has 6 heteroatoms. The van der Waals surface area contributed by atoms with Crippen molar-refractivity contribution in [2.75, 3.05) is 26.8 Å². The van der Waals surface area contributed by atoms with Gasteiger partial charge in [0.1, 0.15) is 11.5 Å². The number of amides is 2. The zero-order valence-corrected chi connectivity index (χ0v) is 15.6. The summed E-state index contributed by atoms with van der Waals surface area (Å²) in [6, 6.07) is 11.5. The van der Waals surface area contributed by atoms with E-state index >= 15 is 0 Å². The van der Waals surface area contributed by atoms with Crippen molar-refractivity contribution in [3.63, 3.8) is 0 Å². The lowest BCUT2D eigenvalue weighted by molar-refractivity contribution is -0.121. The Bertz CT molecular complexity index is 725. The normalized spacial score (nSPS) is 10.6. The highest BCUT2D eigenvalue weighted by Gasteiger charge is 2.21. The van der Waals surface area contributed by atoms with Crippen LogP contribution in [0, 0.1) is 13.8 Å². The highest BCUT2D eigenvalue weighted by atomic mass is 16.5. The monoisotopic (exact) mass is 358 g/mol. The third kappa shape index (κ3) is 5.74. The molecule has 0 aliphatic rings. The highest BCUT2D eigenvalue weighted by Crippen LogP contribution is 2.18. The zero-order valence-electron chi connectivity index (χ0n) is 15.6. The van der Waals surface area contributed by atoms with Gasteiger partial charge >= 0.3 is 0 Å². The Morgan fingerprint density at radius 2 is 1.92 bits per heavy atom. The molecule has 0 aliphatic carbocycles. The lowest BCUT2D eigenvalue weighted by Gasteiger charge is -2.22. The Morgan fingerprint density at radius 3 is 2.54 bits per heavy atom. The number of rotatable bonds is 9. The van der Waals surface area contributed by atoms with Gasteiger partial charge in [0.2, 0.25) is 5.91 Å². The SMILES string of the molecule is COCCNC(=O)CCN(Cc1ccccc1)C(=O)c1cc(C)oc1C.